The zero-order chi connectivity index (χ0) is 16.5. The third-order valence-corrected chi connectivity index (χ3v) is 2.69. The number of hydrogen-bond donors (Lipinski definition) is 4. The van der Waals surface area contributed by atoms with Crippen LogP contribution in [0.5, 0.6) is 0 Å². The minimum atomic E-state index is -0.689. The van der Waals surface area contributed by atoms with E-state index in [0.717, 1.165) is 0 Å². The summed E-state index contributed by atoms with van der Waals surface area (Å²) in [6.45, 7) is 3.13. The van der Waals surface area contributed by atoms with Crippen LogP contribution in [0.4, 0.5) is 5.69 Å². The maximum atomic E-state index is 12.0. The van der Waals surface area contributed by atoms with Crippen molar-refractivity contribution in [1.82, 2.24) is 10.9 Å². The Morgan fingerprint density at radius 1 is 1.23 bits per heavy atom. The molecule has 7 nitrogen and oxygen atoms in total. The van der Waals surface area contributed by atoms with Gasteiger partial charge in [-0.05, 0) is 19.1 Å². The molecule has 0 atom stereocenters. The molecular formula is C14H18N4O3S. The van der Waals surface area contributed by atoms with Crippen molar-refractivity contribution in [2.24, 2.45) is 5.73 Å². The summed E-state index contributed by atoms with van der Waals surface area (Å²) in [5.74, 6) is -1.17. The van der Waals surface area contributed by atoms with Gasteiger partial charge in [-0.2, -0.15) is 0 Å². The molecule has 0 aliphatic carbocycles. The highest BCUT2D eigenvalue weighted by Crippen LogP contribution is 2.11. The molecular weight excluding hydrogens is 304 g/mol. The van der Waals surface area contributed by atoms with Crippen LogP contribution >= 0.6 is 12.2 Å². The molecule has 0 spiro atoms. The Labute approximate surface area is 133 Å². The lowest BCUT2D eigenvalue weighted by molar-refractivity contribution is -0.138. The molecule has 5 N–H and O–H groups in total. The maximum absolute atomic E-state index is 12.0. The van der Waals surface area contributed by atoms with Crippen molar-refractivity contribution in [2.45, 2.75) is 13.8 Å². The van der Waals surface area contributed by atoms with Crippen molar-refractivity contribution in [3.63, 3.8) is 0 Å². The van der Waals surface area contributed by atoms with Gasteiger partial charge in [0.15, 0.2) is 0 Å². The van der Waals surface area contributed by atoms with E-state index < -0.39 is 5.97 Å². The summed E-state index contributed by atoms with van der Waals surface area (Å²) in [6.07, 6.45) is 0. The SMILES string of the molecule is CCOC(=O)/C(C(=S)Nc1ccccc1)=C(/N)NNC(C)=O. The first-order valence-corrected chi connectivity index (χ1v) is 6.92. The van der Waals surface area contributed by atoms with Crippen molar-refractivity contribution in [3.05, 3.63) is 41.7 Å². The fourth-order valence-electron chi connectivity index (χ4n) is 1.46. The lowest BCUT2D eigenvalue weighted by Gasteiger charge is -2.15. The van der Waals surface area contributed by atoms with Gasteiger partial charge >= 0.3 is 5.97 Å². The molecule has 0 fully saturated rings. The van der Waals surface area contributed by atoms with E-state index in [9.17, 15) is 9.59 Å². The largest absolute Gasteiger partial charge is 0.462 e. The van der Waals surface area contributed by atoms with Crippen LogP contribution in [0.25, 0.3) is 0 Å². The number of ether oxygens (including phenoxy) is 1. The van der Waals surface area contributed by atoms with Gasteiger partial charge in [0.05, 0.1) is 6.61 Å². The van der Waals surface area contributed by atoms with E-state index in [2.05, 4.69) is 16.2 Å². The van der Waals surface area contributed by atoms with E-state index >= 15 is 0 Å². The lowest BCUT2D eigenvalue weighted by Crippen LogP contribution is -2.41. The van der Waals surface area contributed by atoms with Crippen LogP contribution in [-0.4, -0.2) is 23.5 Å². The van der Waals surface area contributed by atoms with Crippen LogP contribution in [0.2, 0.25) is 0 Å². The number of rotatable bonds is 6. The van der Waals surface area contributed by atoms with Crippen LogP contribution < -0.4 is 21.9 Å². The van der Waals surface area contributed by atoms with Crippen molar-refractivity contribution in [3.8, 4) is 0 Å². The third-order valence-electron chi connectivity index (χ3n) is 2.38. The Morgan fingerprint density at radius 3 is 2.41 bits per heavy atom. The average molecular weight is 322 g/mol. The minimum absolute atomic E-state index is 0.0607. The van der Waals surface area contributed by atoms with E-state index in [1.165, 1.54) is 6.92 Å². The van der Waals surface area contributed by atoms with Crippen LogP contribution in [0.15, 0.2) is 41.7 Å². The van der Waals surface area contributed by atoms with Gasteiger partial charge in [-0.3, -0.25) is 15.6 Å². The number of anilines is 1. The Morgan fingerprint density at radius 2 is 1.86 bits per heavy atom. The van der Waals surface area contributed by atoms with E-state index in [4.69, 9.17) is 22.7 Å². The fraction of sp³-hybridized carbons (Fsp3) is 0.214. The number of esters is 1. The van der Waals surface area contributed by atoms with Crippen LogP contribution in [0.1, 0.15) is 13.8 Å². The maximum Gasteiger partial charge on any atom is 0.344 e. The van der Waals surface area contributed by atoms with E-state index in [0.29, 0.717) is 5.69 Å². The summed E-state index contributed by atoms with van der Waals surface area (Å²) in [5, 5.41) is 2.89. The second-order valence-corrected chi connectivity index (χ2v) is 4.54. The number of amides is 1. The topological polar surface area (TPSA) is 105 Å². The number of hydrazine groups is 1. The van der Waals surface area contributed by atoms with Gasteiger partial charge in [0.25, 0.3) is 0 Å². The molecule has 118 valence electrons. The van der Waals surface area contributed by atoms with Crippen LogP contribution in [-0.2, 0) is 14.3 Å². The summed E-state index contributed by atoms with van der Waals surface area (Å²) < 4.78 is 4.93. The van der Waals surface area contributed by atoms with Crippen LogP contribution in [0, 0.1) is 0 Å². The van der Waals surface area contributed by atoms with Gasteiger partial charge in [-0.1, -0.05) is 30.4 Å². The number of carbonyl (C=O) groups excluding carboxylic acids is 2. The van der Waals surface area contributed by atoms with E-state index in [-0.39, 0.29) is 28.9 Å². The first-order valence-electron chi connectivity index (χ1n) is 6.51. The van der Waals surface area contributed by atoms with Crippen molar-refractivity contribution in [1.29, 1.82) is 0 Å². The Kier molecular flexibility index (Phi) is 6.84. The molecule has 0 bridgehead atoms. The van der Waals surface area contributed by atoms with E-state index in [1.54, 1.807) is 19.1 Å². The van der Waals surface area contributed by atoms with Gasteiger partial charge in [0.1, 0.15) is 16.4 Å². The molecule has 0 aliphatic heterocycles. The smallest absolute Gasteiger partial charge is 0.344 e. The molecule has 0 unspecified atom stereocenters. The molecule has 22 heavy (non-hydrogen) atoms. The fourth-order valence-corrected chi connectivity index (χ4v) is 1.77. The van der Waals surface area contributed by atoms with E-state index in [1.807, 2.05) is 18.2 Å². The molecule has 0 heterocycles. The highest BCUT2D eigenvalue weighted by Gasteiger charge is 2.21. The summed E-state index contributed by atoms with van der Waals surface area (Å²) >= 11 is 5.20. The van der Waals surface area contributed by atoms with Crippen LogP contribution in [0.3, 0.4) is 0 Å². The molecule has 0 saturated heterocycles. The number of nitrogens with two attached hydrogens (primary N) is 1. The summed E-state index contributed by atoms with van der Waals surface area (Å²) in [5.41, 5.74) is 11.1. The second-order valence-electron chi connectivity index (χ2n) is 4.14. The zero-order valence-electron chi connectivity index (χ0n) is 12.3. The summed E-state index contributed by atoms with van der Waals surface area (Å²) in [4.78, 5) is 23.0. The lowest BCUT2D eigenvalue weighted by atomic mass is 10.2. The number of hydrogen-bond acceptors (Lipinski definition) is 6. The zero-order valence-corrected chi connectivity index (χ0v) is 13.1. The molecule has 0 saturated carbocycles. The molecule has 0 aromatic heterocycles. The quantitative estimate of drug-likeness (QED) is 0.266. The number of carbonyl (C=O) groups is 2. The Hall–Kier alpha value is -2.61. The Balaban J connectivity index is 2.98. The van der Waals surface area contributed by atoms with Gasteiger partial charge in [0.2, 0.25) is 5.91 Å². The molecule has 1 amide bonds. The summed E-state index contributed by atoms with van der Waals surface area (Å²) in [6, 6.07) is 9.05. The number of nitrogens with one attached hydrogen (secondary N) is 3. The van der Waals surface area contributed by atoms with Gasteiger partial charge in [-0.25, -0.2) is 4.79 Å². The monoisotopic (exact) mass is 322 g/mol. The molecule has 1 aromatic carbocycles. The van der Waals surface area contributed by atoms with Crippen molar-refractivity contribution < 1.29 is 14.3 Å². The van der Waals surface area contributed by atoms with Crippen molar-refractivity contribution in [2.75, 3.05) is 11.9 Å². The Bertz CT molecular complexity index is 587. The first-order chi connectivity index (χ1) is 10.5. The van der Waals surface area contributed by atoms with Gasteiger partial charge < -0.3 is 15.8 Å². The number of benzene rings is 1. The minimum Gasteiger partial charge on any atom is -0.462 e. The summed E-state index contributed by atoms with van der Waals surface area (Å²) in [7, 11) is 0. The van der Waals surface area contributed by atoms with Crippen molar-refractivity contribution >= 4 is 34.8 Å². The predicted octanol–water partition coefficient (Wildman–Crippen LogP) is 0.800. The highest BCUT2D eigenvalue weighted by atomic mass is 32.1. The third kappa shape index (κ3) is 5.41. The number of para-hydroxylation sites is 1. The normalized spacial score (nSPS) is 11.0. The molecule has 0 radical (unpaired) electrons. The number of thiocarbonyl (C=S) groups is 1. The highest BCUT2D eigenvalue weighted by molar-refractivity contribution is 7.81. The average Bonchev–Trinajstić information content (AvgIpc) is 2.46. The predicted molar refractivity (Wildman–Crippen MR) is 87.5 cm³/mol. The van der Waals surface area contributed by atoms with Gasteiger partial charge in [0, 0.05) is 12.6 Å². The molecule has 8 heteroatoms. The van der Waals surface area contributed by atoms with Gasteiger partial charge in [-0.15, -0.1) is 0 Å². The molecule has 1 rings (SSSR count). The molecule has 1 aromatic rings. The molecule has 0 aliphatic rings. The first kappa shape index (κ1) is 17.4. The standard InChI is InChI=1S/C14H18N4O3S/c1-3-21-14(20)11(12(15)18-17-9(2)19)13(22)16-10-7-5-4-6-8-10/h4-8,18H,3,15H2,1-2H3,(H,16,22)(H,17,19)/b12-11-. The second kappa shape index (κ2) is 8.63.